The van der Waals surface area contributed by atoms with Crippen molar-refractivity contribution in [2.45, 2.75) is 122 Å². The predicted octanol–water partition coefficient (Wildman–Crippen LogP) is 4.17. The molecule has 3 rings (SSSR count). The molecule has 1 aliphatic rings. The molecule has 0 fully saturated rings. The zero-order valence-corrected chi connectivity index (χ0v) is 25.0. The summed E-state index contributed by atoms with van der Waals surface area (Å²) in [7, 11) is -3.00. The van der Waals surface area contributed by atoms with Gasteiger partial charge in [0, 0.05) is 5.41 Å². The second-order valence-corrected chi connectivity index (χ2v) is 11.5. The van der Waals surface area contributed by atoms with Gasteiger partial charge in [-0.1, -0.05) is 127 Å². The van der Waals surface area contributed by atoms with E-state index < -0.39 is 20.3 Å². The zero-order valence-electron chi connectivity index (χ0n) is 25.0. The fraction of sp³-hybridized carbons (Fsp3) is 0.625. The molecule has 8 heteroatoms. The van der Waals surface area contributed by atoms with E-state index in [2.05, 4.69) is 13.8 Å². The Morgan fingerprint density at radius 3 is 1.30 bits per heavy atom. The third kappa shape index (κ3) is 9.71. The van der Waals surface area contributed by atoms with Crippen molar-refractivity contribution in [1.82, 2.24) is 0 Å². The number of benzene rings is 2. The number of rotatable bonds is 17. The molecule has 0 amide bonds. The van der Waals surface area contributed by atoms with Crippen molar-refractivity contribution in [2.75, 3.05) is 6.61 Å². The minimum absolute atomic E-state index is 0.139. The molecule has 0 heterocycles. The molecule has 0 spiro atoms. The average molecular weight is 554 g/mol. The Morgan fingerprint density at radius 2 is 0.975 bits per heavy atom. The molecule has 40 heavy (non-hydrogen) atoms. The van der Waals surface area contributed by atoms with Gasteiger partial charge in [-0.3, -0.25) is 0 Å². The lowest BCUT2D eigenvalue weighted by Crippen LogP contribution is -2.34. The molecule has 2 aromatic rings. The van der Waals surface area contributed by atoms with Crippen LogP contribution in [0.3, 0.4) is 0 Å². The third-order valence-corrected chi connectivity index (χ3v) is 8.18. The summed E-state index contributed by atoms with van der Waals surface area (Å²) in [5.74, 6) is 0. The normalized spacial score (nSPS) is 13.7. The number of hydrogen-bond acceptors (Lipinski definition) is 6. The highest BCUT2D eigenvalue weighted by Gasteiger charge is 2.43. The number of hydrogen-bond donors (Lipinski definition) is 6. The van der Waals surface area contributed by atoms with Crippen molar-refractivity contribution in [3.05, 3.63) is 47.5 Å². The molecule has 0 bridgehead atoms. The highest BCUT2D eigenvalue weighted by molar-refractivity contribution is 6.59. The maximum absolute atomic E-state index is 9.94. The summed E-state index contributed by atoms with van der Waals surface area (Å²) in [5.41, 5.74) is 5.43. The van der Waals surface area contributed by atoms with E-state index in [9.17, 15) is 20.1 Å². The van der Waals surface area contributed by atoms with Gasteiger partial charge in [-0.15, -0.1) is 0 Å². The van der Waals surface area contributed by atoms with Gasteiger partial charge in [0.1, 0.15) is 0 Å². The van der Waals surface area contributed by atoms with Crippen molar-refractivity contribution < 1.29 is 30.3 Å². The zero-order chi connectivity index (χ0) is 29.5. The number of aliphatic hydroxyl groups is 2. The smallest absolute Gasteiger partial charge is 0.423 e. The van der Waals surface area contributed by atoms with E-state index in [0.29, 0.717) is 10.9 Å². The monoisotopic (exact) mass is 554 g/mol. The molecule has 0 aliphatic heterocycles. The molecule has 0 saturated heterocycles. The fourth-order valence-corrected chi connectivity index (χ4v) is 5.93. The molecule has 1 unspecified atom stereocenters. The molecule has 222 valence electrons. The first-order chi connectivity index (χ1) is 19.2. The van der Waals surface area contributed by atoms with Crippen LogP contribution in [0, 0.1) is 0 Å². The van der Waals surface area contributed by atoms with E-state index >= 15 is 0 Å². The van der Waals surface area contributed by atoms with Crippen LogP contribution >= 0.6 is 0 Å². The van der Waals surface area contributed by atoms with Gasteiger partial charge < -0.3 is 30.3 Å². The van der Waals surface area contributed by atoms with Crippen LogP contribution in [0.2, 0.25) is 0 Å². The van der Waals surface area contributed by atoms with Gasteiger partial charge in [0.15, 0.2) is 0 Å². The molecule has 6 N–H and O–H groups in total. The highest BCUT2D eigenvalue weighted by Crippen LogP contribution is 2.53. The van der Waals surface area contributed by atoms with Crippen LogP contribution in [0.5, 0.6) is 0 Å². The van der Waals surface area contributed by atoms with Gasteiger partial charge >= 0.3 is 14.2 Å². The summed E-state index contributed by atoms with van der Waals surface area (Å²) in [5, 5.41) is 55.8. The fourth-order valence-electron chi connectivity index (χ4n) is 5.93. The Hall–Kier alpha value is -1.67. The lowest BCUT2D eigenvalue weighted by atomic mass is 9.67. The summed E-state index contributed by atoms with van der Waals surface area (Å²) in [4.78, 5) is 0. The predicted molar refractivity (Wildman–Crippen MR) is 167 cm³/mol. The second-order valence-electron chi connectivity index (χ2n) is 11.5. The molecule has 6 nitrogen and oxygen atoms in total. The van der Waals surface area contributed by atoms with E-state index in [1.54, 1.807) is 12.1 Å². The van der Waals surface area contributed by atoms with Crippen LogP contribution in [0.4, 0.5) is 0 Å². The van der Waals surface area contributed by atoms with Crippen LogP contribution in [0.25, 0.3) is 11.1 Å². The first-order valence-electron chi connectivity index (χ1n) is 15.5. The van der Waals surface area contributed by atoms with Gasteiger partial charge in [0.25, 0.3) is 0 Å². The molecule has 0 aromatic heterocycles. The second kappa shape index (κ2) is 18.0. The van der Waals surface area contributed by atoms with Gasteiger partial charge in [0.05, 0.1) is 12.7 Å². The first kappa shape index (κ1) is 34.5. The van der Waals surface area contributed by atoms with Gasteiger partial charge in [-0.2, -0.15) is 0 Å². The number of unbranched alkanes of at least 4 members (excludes halogenated alkanes) is 10. The van der Waals surface area contributed by atoms with E-state index in [1.165, 1.54) is 82.3 Å². The Morgan fingerprint density at radius 1 is 0.625 bits per heavy atom. The van der Waals surface area contributed by atoms with E-state index in [4.69, 9.17) is 10.2 Å². The van der Waals surface area contributed by atoms with Gasteiger partial charge in [0.2, 0.25) is 0 Å². The molecule has 1 aliphatic carbocycles. The Labute approximate surface area is 242 Å². The standard InChI is InChI=1S/C29H44B2O4.C3H8O2/c1-3-5-7-9-11-13-19-29(20-14-12-10-8-6-4-2)27-21-23(30(32)33)15-17-25(27)26-18-16-24(31(34)35)22-28(26)29;1-3(5)2-4/h15-18,21-22,32-35H,3-14,19-20H2,1-2H3;3-5H,2H2,1H3. The maximum Gasteiger partial charge on any atom is 0.488 e. The summed E-state index contributed by atoms with van der Waals surface area (Å²) >= 11 is 0. The van der Waals surface area contributed by atoms with E-state index in [-0.39, 0.29) is 12.0 Å². The van der Waals surface area contributed by atoms with Crippen LogP contribution in [-0.2, 0) is 5.41 Å². The topological polar surface area (TPSA) is 121 Å². The summed E-state index contributed by atoms with van der Waals surface area (Å²) in [6.07, 6.45) is 16.1. The lowest BCUT2D eigenvalue weighted by molar-refractivity contribution is 0.110. The lowest BCUT2D eigenvalue weighted by Gasteiger charge is -2.33. The minimum Gasteiger partial charge on any atom is -0.423 e. The molecular weight excluding hydrogens is 502 g/mol. The van der Waals surface area contributed by atoms with Crippen molar-refractivity contribution in [2.24, 2.45) is 0 Å². The quantitative estimate of drug-likeness (QED) is 0.129. The summed E-state index contributed by atoms with van der Waals surface area (Å²) in [6, 6.07) is 11.6. The number of fused-ring (bicyclic) bond motifs is 3. The Balaban J connectivity index is 0.00000103. The highest BCUT2D eigenvalue weighted by atomic mass is 16.4. The summed E-state index contributed by atoms with van der Waals surface area (Å²) < 4.78 is 0. The van der Waals surface area contributed by atoms with E-state index in [1.807, 2.05) is 24.3 Å². The number of aliphatic hydroxyl groups excluding tert-OH is 2. The van der Waals surface area contributed by atoms with Crippen molar-refractivity contribution in [3.8, 4) is 11.1 Å². The summed E-state index contributed by atoms with van der Waals surface area (Å²) in [6.45, 7) is 5.87. The van der Waals surface area contributed by atoms with Crippen LogP contribution in [-0.4, -0.2) is 57.3 Å². The first-order valence-corrected chi connectivity index (χ1v) is 15.5. The van der Waals surface area contributed by atoms with Crippen molar-refractivity contribution in [1.29, 1.82) is 0 Å². The van der Waals surface area contributed by atoms with Gasteiger partial charge in [-0.05, 0) is 52.9 Å². The molecular formula is C32H52B2O6. The molecule has 1 atom stereocenters. The van der Waals surface area contributed by atoms with Crippen molar-refractivity contribution >= 4 is 25.2 Å². The van der Waals surface area contributed by atoms with Gasteiger partial charge in [-0.25, -0.2) is 0 Å². The largest absolute Gasteiger partial charge is 0.488 e. The van der Waals surface area contributed by atoms with E-state index in [0.717, 1.165) is 36.8 Å². The molecule has 2 aromatic carbocycles. The van der Waals surface area contributed by atoms with Crippen LogP contribution in [0.1, 0.15) is 122 Å². The van der Waals surface area contributed by atoms with Crippen molar-refractivity contribution in [3.63, 3.8) is 0 Å². The van der Waals surface area contributed by atoms with Crippen LogP contribution in [0.15, 0.2) is 36.4 Å². The maximum atomic E-state index is 9.94. The minimum atomic E-state index is -1.50. The Kier molecular flexibility index (Phi) is 15.5. The SMILES string of the molecule is CC(O)CO.CCCCCCCCC1(CCCCCCCC)c2cc(B(O)O)ccc2-c2ccc(B(O)O)cc21. The average Bonchev–Trinajstić information content (AvgIpc) is 3.21. The molecule has 0 radical (unpaired) electrons. The van der Waals surface area contributed by atoms with Crippen LogP contribution < -0.4 is 10.9 Å². The third-order valence-electron chi connectivity index (χ3n) is 8.18. The molecule has 0 saturated carbocycles. The Bertz CT molecular complexity index is 920.